The largest absolute Gasteiger partial charge is 0.342 e. The number of carbonyl (C=O) groups excluding carboxylic acids is 2. The minimum atomic E-state index is -0.538. The van der Waals surface area contributed by atoms with E-state index in [0.717, 1.165) is 12.8 Å². The van der Waals surface area contributed by atoms with Crippen LogP contribution in [0.15, 0.2) is 18.2 Å². The molecule has 0 spiro atoms. The van der Waals surface area contributed by atoms with E-state index in [1.165, 1.54) is 4.90 Å². The molecule has 4 nitrogen and oxygen atoms in total. The van der Waals surface area contributed by atoms with Crippen LogP contribution in [0.3, 0.4) is 0 Å². The van der Waals surface area contributed by atoms with E-state index >= 15 is 0 Å². The van der Waals surface area contributed by atoms with E-state index in [1.54, 1.807) is 18.2 Å². The average Bonchev–Trinajstić information content (AvgIpc) is 3.28. The van der Waals surface area contributed by atoms with Crippen molar-refractivity contribution in [1.82, 2.24) is 5.32 Å². The number of amides is 2. The number of anilines is 1. The Morgan fingerprint density at radius 3 is 2.62 bits per heavy atom. The van der Waals surface area contributed by atoms with Gasteiger partial charge in [-0.3, -0.25) is 14.5 Å². The molecule has 1 aromatic carbocycles. The molecule has 2 amide bonds. The van der Waals surface area contributed by atoms with Crippen LogP contribution >= 0.6 is 23.2 Å². The third kappa shape index (κ3) is 2.51. The molecular formula is C15H16Cl2N2O2. The van der Waals surface area contributed by atoms with Gasteiger partial charge in [0.05, 0.1) is 15.7 Å². The van der Waals surface area contributed by atoms with Gasteiger partial charge in [0.25, 0.3) is 5.91 Å². The highest BCUT2D eigenvalue weighted by atomic mass is 35.5. The Labute approximate surface area is 133 Å². The normalized spacial score (nSPS) is 26.0. The number of hydrogen-bond acceptors (Lipinski definition) is 2. The standard InChI is InChI=1S/C15H16Cl2N2O2/c1-2-10-14(20)18-13(8-6-7-8)15(21)19(10)11-5-3-4-9(16)12(11)17/h3-5,8,10,13H,2,6-7H2,1H3,(H,18,20). The van der Waals surface area contributed by atoms with Crippen LogP contribution in [0.1, 0.15) is 26.2 Å². The van der Waals surface area contributed by atoms with Gasteiger partial charge in [0.15, 0.2) is 0 Å². The molecule has 1 aromatic rings. The second-order valence-corrected chi connectivity index (χ2v) is 6.31. The van der Waals surface area contributed by atoms with E-state index in [0.29, 0.717) is 22.2 Å². The lowest BCUT2D eigenvalue weighted by molar-refractivity contribution is -0.134. The van der Waals surface area contributed by atoms with Crippen molar-refractivity contribution in [3.8, 4) is 0 Å². The van der Waals surface area contributed by atoms with Crippen molar-refractivity contribution >= 4 is 40.7 Å². The molecule has 1 aliphatic carbocycles. The highest BCUT2D eigenvalue weighted by Crippen LogP contribution is 2.39. The molecule has 3 rings (SSSR count). The van der Waals surface area contributed by atoms with E-state index in [1.807, 2.05) is 6.92 Å². The summed E-state index contributed by atoms with van der Waals surface area (Å²) in [6, 6.07) is 4.17. The number of benzene rings is 1. The lowest BCUT2D eigenvalue weighted by Crippen LogP contribution is -2.64. The molecule has 0 bridgehead atoms. The molecule has 0 radical (unpaired) electrons. The van der Waals surface area contributed by atoms with E-state index in [9.17, 15) is 9.59 Å². The van der Waals surface area contributed by atoms with E-state index in [-0.39, 0.29) is 17.7 Å². The van der Waals surface area contributed by atoms with Gasteiger partial charge in [-0.15, -0.1) is 0 Å². The zero-order valence-corrected chi connectivity index (χ0v) is 13.1. The minimum absolute atomic E-state index is 0.0897. The van der Waals surface area contributed by atoms with Crippen molar-refractivity contribution in [2.24, 2.45) is 5.92 Å². The Balaban J connectivity index is 2.04. The zero-order chi connectivity index (χ0) is 15.1. The first-order valence-electron chi connectivity index (χ1n) is 7.12. The molecule has 1 saturated carbocycles. The molecule has 2 unspecified atom stereocenters. The van der Waals surface area contributed by atoms with Crippen molar-refractivity contribution in [2.45, 2.75) is 38.3 Å². The summed E-state index contributed by atoms with van der Waals surface area (Å²) >= 11 is 12.3. The highest BCUT2D eigenvalue weighted by molar-refractivity contribution is 6.44. The Hall–Kier alpha value is -1.26. The summed E-state index contributed by atoms with van der Waals surface area (Å²) < 4.78 is 0. The molecule has 1 heterocycles. The summed E-state index contributed by atoms with van der Waals surface area (Å²) in [5.74, 6) is 0.0397. The zero-order valence-electron chi connectivity index (χ0n) is 11.6. The van der Waals surface area contributed by atoms with Gasteiger partial charge in [0, 0.05) is 0 Å². The molecule has 1 saturated heterocycles. The highest BCUT2D eigenvalue weighted by Gasteiger charge is 2.47. The van der Waals surface area contributed by atoms with Crippen LogP contribution in [0.4, 0.5) is 5.69 Å². The fourth-order valence-corrected chi connectivity index (χ4v) is 3.20. The smallest absolute Gasteiger partial charge is 0.250 e. The maximum atomic E-state index is 12.8. The molecule has 0 aromatic heterocycles. The lowest BCUT2D eigenvalue weighted by atomic mass is 10.0. The summed E-state index contributed by atoms with van der Waals surface area (Å²) in [5.41, 5.74) is 0.515. The minimum Gasteiger partial charge on any atom is -0.342 e. The van der Waals surface area contributed by atoms with Crippen LogP contribution in [-0.2, 0) is 9.59 Å². The maximum Gasteiger partial charge on any atom is 0.250 e. The van der Waals surface area contributed by atoms with Gasteiger partial charge in [-0.25, -0.2) is 0 Å². The predicted octanol–water partition coefficient (Wildman–Crippen LogP) is 3.01. The first kappa shape index (κ1) is 14.7. The summed E-state index contributed by atoms with van der Waals surface area (Å²) in [5, 5.41) is 3.55. The Morgan fingerprint density at radius 2 is 2.00 bits per heavy atom. The van der Waals surface area contributed by atoms with Crippen LogP contribution in [0.5, 0.6) is 0 Å². The van der Waals surface area contributed by atoms with Crippen molar-refractivity contribution in [1.29, 1.82) is 0 Å². The number of halogens is 2. The van der Waals surface area contributed by atoms with Gasteiger partial charge in [-0.1, -0.05) is 36.2 Å². The molecule has 112 valence electrons. The molecule has 1 N–H and O–H groups in total. The number of nitrogens with one attached hydrogen (secondary N) is 1. The molecule has 2 atom stereocenters. The van der Waals surface area contributed by atoms with E-state index in [4.69, 9.17) is 23.2 Å². The van der Waals surface area contributed by atoms with Gasteiger partial charge in [0.2, 0.25) is 5.91 Å². The Bertz CT molecular complexity index is 601. The SMILES string of the molecule is CCC1C(=O)NC(C2CC2)C(=O)N1c1cccc(Cl)c1Cl. The maximum absolute atomic E-state index is 12.8. The van der Waals surface area contributed by atoms with Gasteiger partial charge < -0.3 is 5.32 Å². The number of hydrogen-bond donors (Lipinski definition) is 1. The van der Waals surface area contributed by atoms with Crippen molar-refractivity contribution in [3.05, 3.63) is 28.2 Å². The first-order chi connectivity index (χ1) is 10.0. The molecule has 2 fully saturated rings. The number of nitrogens with zero attached hydrogens (tertiary/aromatic N) is 1. The third-order valence-electron chi connectivity index (χ3n) is 4.09. The Morgan fingerprint density at radius 1 is 1.29 bits per heavy atom. The fourth-order valence-electron chi connectivity index (χ4n) is 2.81. The predicted molar refractivity (Wildman–Crippen MR) is 82.7 cm³/mol. The summed E-state index contributed by atoms with van der Waals surface area (Å²) in [6.45, 7) is 1.88. The third-order valence-corrected chi connectivity index (χ3v) is 4.90. The molecule has 21 heavy (non-hydrogen) atoms. The van der Waals surface area contributed by atoms with Crippen molar-refractivity contribution in [3.63, 3.8) is 0 Å². The van der Waals surface area contributed by atoms with Crippen LogP contribution < -0.4 is 10.2 Å². The fraction of sp³-hybridized carbons (Fsp3) is 0.467. The summed E-state index contributed by atoms with van der Waals surface area (Å²) in [4.78, 5) is 26.6. The van der Waals surface area contributed by atoms with Crippen molar-refractivity contribution < 1.29 is 9.59 Å². The van der Waals surface area contributed by atoms with Gasteiger partial charge in [0.1, 0.15) is 12.1 Å². The number of rotatable bonds is 3. The van der Waals surface area contributed by atoms with Crippen LogP contribution in [0.25, 0.3) is 0 Å². The van der Waals surface area contributed by atoms with Crippen LogP contribution in [0, 0.1) is 5.92 Å². The second kappa shape index (κ2) is 5.50. The van der Waals surface area contributed by atoms with Crippen LogP contribution in [0.2, 0.25) is 10.0 Å². The second-order valence-electron chi connectivity index (χ2n) is 5.53. The topological polar surface area (TPSA) is 49.4 Å². The van der Waals surface area contributed by atoms with E-state index < -0.39 is 12.1 Å². The van der Waals surface area contributed by atoms with E-state index in [2.05, 4.69) is 5.32 Å². The summed E-state index contributed by atoms with van der Waals surface area (Å²) in [6.07, 6.45) is 2.48. The molecular weight excluding hydrogens is 311 g/mol. The monoisotopic (exact) mass is 326 g/mol. The molecule has 6 heteroatoms. The first-order valence-corrected chi connectivity index (χ1v) is 7.87. The number of piperazine rings is 1. The van der Waals surface area contributed by atoms with Gasteiger partial charge >= 0.3 is 0 Å². The van der Waals surface area contributed by atoms with Gasteiger partial charge in [-0.05, 0) is 37.3 Å². The van der Waals surface area contributed by atoms with Crippen LogP contribution in [-0.4, -0.2) is 23.9 Å². The Kier molecular flexibility index (Phi) is 3.84. The van der Waals surface area contributed by atoms with Crippen molar-refractivity contribution in [2.75, 3.05) is 4.90 Å². The summed E-state index contributed by atoms with van der Waals surface area (Å²) in [7, 11) is 0. The number of carbonyl (C=O) groups is 2. The molecule has 1 aliphatic heterocycles. The van der Waals surface area contributed by atoms with Gasteiger partial charge in [-0.2, -0.15) is 0 Å². The lowest BCUT2D eigenvalue weighted by Gasteiger charge is -2.39. The molecule has 2 aliphatic rings. The average molecular weight is 327 g/mol. The quantitative estimate of drug-likeness (QED) is 0.928.